The number of nitrogens with zero attached hydrogens (tertiary/aromatic N) is 3. The molecule has 0 aliphatic carbocycles. The van der Waals surface area contributed by atoms with Crippen molar-refractivity contribution in [1.82, 2.24) is 20.0 Å². The average molecular weight is 312 g/mol. The van der Waals surface area contributed by atoms with Gasteiger partial charge in [0.1, 0.15) is 0 Å². The van der Waals surface area contributed by atoms with Crippen LogP contribution in [0.2, 0.25) is 0 Å². The van der Waals surface area contributed by atoms with Gasteiger partial charge in [0.05, 0.1) is 11.9 Å². The Kier molecular flexibility index (Phi) is 4.48. The zero-order chi connectivity index (χ0) is 16.4. The third kappa shape index (κ3) is 3.45. The minimum absolute atomic E-state index is 0.170. The molecule has 0 bridgehead atoms. The zero-order valence-corrected chi connectivity index (χ0v) is 14.1. The molecule has 1 fully saturated rings. The fourth-order valence-corrected chi connectivity index (χ4v) is 3.04. The van der Waals surface area contributed by atoms with Gasteiger partial charge in [-0.3, -0.25) is 14.8 Å². The molecule has 1 saturated heterocycles. The Balaban J connectivity index is 1.72. The number of H-pyrrole nitrogens is 1. The number of benzene rings is 1. The van der Waals surface area contributed by atoms with E-state index in [1.807, 2.05) is 11.1 Å². The number of hydrogen-bond acceptors (Lipinski definition) is 3. The number of aryl methyl sites for hydroxylation is 2. The molecule has 0 saturated carbocycles. The summed E-state index contributed by atoms with van der Waals surface area (Å²) in [5.74, 6) is 0.170. The molecule has 1 N–H and O–H groups in total. The number of aromatic nitrogens is 2. The van der Waals surface area contributed by atoms with Crippen molar-refractivity contribution < 1.29 is 4.79 Å². The lowest BCUT2D eigenvalue weighted by molar-refractivity contribution is -0.130. The molecule has 23 heavy (non-hydrogen) atoms. The van der Waals surface area contributed by atoms with Crippen LogP contribution in [0, 0.1) is 13.8 Å². The zero-order valence-electron chi connectivity index (χ0n) is 14.1. The number of nitrogens with one attached hydrogen (secondary N) is 1. The summed E-state index contributed by atoms with van der Waals surface area (Å²) in [4.78, 5) is 15.7. The van der Waals surface area contributed by atoms with Gasteiger partial charge in [-0.15, -0.1) is 0 Å². The Morgan fingerprint density at radius 3 is 2.57 bits per heavy atom. The van der Waals surface area contributed by atoms with E-state index in [-0.39, 0.29) is 5.91 Å². The van der Waals surface area contributed by atoms with Gasteiger partial charge in [0.25, 0.3) is 0 Å². The summed E-state index contributed by atoms with van der Waals surface area (Å²) in [5.41, 5.74) is 6.09. The van der Waals surface area contributed by atoms with E-state index in [0.29, 0.717) is 0 Å². The third-order valence-electron chi connectivity index (χ3n) is 4.73. The van der Waals surface area contributed by atoms with Crippen LogP contribution >= 0.6 is 0 Å². The first-order chi connectivity index (χ1) is 11.0. The second kappa shape index (κ2) is 6.54. The first-order valence-electron chi connectivity index (χ1n) is 8.12. The summed E-state index contributed by atoms with van der Waals surface area (Å²) in [6, 6.07) is 6.51. The quantitative estimate of drug-likeness (QED) is 0.946. The first-order valence-corrected chi connectivity index (χ1v) is 8.12. The van der Waals surface area contributed by atoms with Crippen LogP contribution in [0.1, 0.15) is 23.6 Å². The normalized spacial score (nSPS) is 15.9. The molecule has 122 valence electrons. The number of carbonyl (C=O) groups excluding carboxylic acids is 1. The minimum Gasteiger partial charge on any atom is -0.340 e. The van der Waals surface area contributed by atoms with Gasteiger partial charge in [0.15, 0.2) is 0 Å². The van der Waals surface area contributed by atoms with Crippen LogP contribution in [-0.2, 0) is 11.3 Å². The van der Waals surface area contributed by atoms with Crippen molar-refractivity contribution in [3.63, 3.8) is 0 Å². The van der Waals surface area contributed by atoms with Crippen LogP contribution in [0.15, 0.2) is 24.4 Å². The topological polar surface area (TPSA) is 52.2 Å². The molecular formula is C18H24N4O. The monoisotopic (exact) mass is 312 g/mol. The van der Waals surface area contributed by atoms with Crippen molar-refractivity contribution in [2.45, 2.75) is 27.3 Å². The highest BCUT2D eigenvalue weighted by Crippen LogP contribution is 2.24. The molecule has 1 aliphatic rings. The van der Waals surface area contributed by atoms with Crippen LogP contribution in [0.3, 0.4) is 0 Å². The lowest BCUT2D eigenvalue weighted by Gasteiger charge is -2.34. The van der Waals surface area contributed by atoms with Crippen LogP contribution in [0.25, 0.3) is 11.3 Å². The predicted octanol–water partition coefficient (Wildman–Crippen LogP) is 2.36. The molecule has 1 aliphatic heterocycles. The summed E-state index contributed by atoms with van der Waals surface area (Å²) in [6.07, 6.45) is 1.92. The van der Waals surface area contributed by atoms with Gasteiger partial charge in [0, 0.05) is 50.8 Å². The Morgan fingerprint density at radius 2 is 1.91 bits per heavy atom. The Bertz CT molecular complexity index is 699. The van der Waals surface area contributed by atoms with E-state index in [0.717, 1.165) is 38.4 Å². The van der Waals surface area contributed by atoms with Gasteiger partial charge in [-0.2, -0.15) is 5.10 Å². The number of piperazine rings is 1. The fourth-order valence-electron chi connectivity index (χ4n) is 3.04. The van der Waals surface area contributed by atoms with Gasteiger partial charge >= 0.3 is 0 Å². The van der Waals surface area contributed by atoms with E-state index < -0.39 is 0 Å². The second-order valence-electron chi connectivity index (χ2n) is 6.35. The maximum atomic E-state index is 11.4. The molecule has 1 aromatic heterocycles. The second-order valence-corrected chi connectivity index (χ2v) is 6.35. The Labute approximate surface area is 137 Å². The van der Waals surface area contributed by atoms with Crippen molar-refractivity contribution in [2.75, 3.05) is 26.2 Å². The third-order valence-corrected chi connectivity index (χ3v) is 4.73. The Morgan fingerprint density at radius 1 is 1.17 bits per heavy atom. The van der Waals surface area contributed by atoms with Crippen molar-refractivity contribution in [3.05, 3.63) is 41.1 Å². The molecule has 2 heterocycles. The molecule has 0 unspecified atom stereocenters. The van der Waals surface area contributed by atoms with E-state index >= 15 is 0 Å². The molecular weight excluding hydrogens is 288 g/mol. The molecule has 0 atom stereocenters. The summed E-state index contributed by atoms with van der Waals surface area (Å²) >= 11 is 0. The molecule has 1 amide bonds. The van der Waals surface area contributed by atoms with Crippen molar-refractivity contribution in [3.8, 4) is 11.3 Å². The van der Waals surface area contributed by atoms with Gasteiger partial charge in [-0.1, -0.05) is 12.1 Å². The number of aromatic amines is 1. The smallest absolute Gasteiger partial charge is 0.219 e. The van der Waals surface area contributed by atoms with Crippen LogP contribution in [0.4, 0.5) is 0 Å². The van der Waals surface area contributed by atoms with E-state index in [4.69, 9.17) is 0 Å². The highest BCUT2D eigenvalue weighted by Gasteiger charge is 2.20. The molecule has 1 aromatic carbocycles. The van der Waals surface area contributed by atoms with E-state index in [1.54, 1.807) is 6.92 Å². The van der Waals surface area contributed by atoms with Gasteiger partial charge in [-0.25, -0.2) is 0 Å². The number of hydrogen-bond donors (Lipinski definition) is 1. The summed E-state index contributed by atoms with van der Waals surface area (Å²) in [6.45, 7) is 10.2. The number of amides is 1. The van der Waals surface area contributed by atoms with Crippen LogP contribution in [0.5, 0.6) is 0 Å². The molecule has 0 spiro atoms. The molecule has 0 radical (unpaired) electrons. The van der Waals surface area contributed by atoms with Gasteiger partial charge in [0.2, 0.25) is 5.91 Å². The SMILES string of the molecule is CC(=O)N1CCN(Cc2cn[nH]c2-c2ccc(C)c(C)c2)CC1. The Hall–Kier alpha value is -2.14. The van der Waals surface area contributed by atoms with Gasteiger partial charge < -0.3 is 4.90 Å². The summed E-state index contributed by atoms with van der Waals surface area (Å²) in [5, 5.41) is 7.39. The average Bonchev–Trinajstić information content (AvgIpc) is 2.99. The highest BCUT2D eigenvalue weighted by atomic mass is 16.2. The lowest BCUT2D eigenvalue weighted by Crippen LogP contribution is -2.47. The standard InChI is InChI=1S/C18H24N4O/c1-13-4-5-16(10-14(13)2)18-17(11-19-20-18)12-21-6-8-22(9-7-21)15(3)23/h4-5,10-11H,6-9,12H2,1-3H3,(H,19,20). The van der Waals surface area contributed by atoms with E-state index in [9.17, 15) is 4.79 Å². The van der Waals surface area contributed by atoms with Crippen LogP contribution < -0.4 is 0 Å². The predicted molar refractivity (Wildman–Crippen MR) is 91.0 cm³/mol. The van der Waals surface area contributed by atoms with E-state index in [2.05, 4.69) is 47.1 Å². The maximum absolute atomic E-state index is 11.4. The summed E-state index contributed by atoms with van der Waals surface area (Å²) in [7, 11) is 0. The molecule has 5 nitrogen and oxygen atoms in total. The maximum Gasteiger partial charge on any atom is 0.219 e. The van der Waals surface area contributed by atoms with Crippen molar-refractivity contribution >= 4 is 5.91 Å². The highest BCUT2D eigenvalue weighted by molar-refractivity contribution is 5.73. The van der Waals surface area contributed by atoms with Crippen molar-refractivity contribution in [2.24, 2.45) is 0 Å². The number of rotatable bonds is 3. The van der Waals surface area contributed by atoms with Gasteiger partial charge in [-0.05, 0) is 31.0 Å². The van der Waals surface area contributed by atoms with E-state index in [1.165, 1.54) is 22.3 Å². The van der Waals surface area contributed by atoms with Crippen molar-refractivity contribution in [1.29, 1.82) is 0 Å². The molecule has 3 rings (SSSR count). The number of carbonyl (C=O) groups is 1. The molecule has 2 aromatic rings. The largest absolute Gasteiger partial charge is 0.340 e. The fraction of sp³-hybridized carbons (Fsp3) is 0.444. The lowest BCUT2D eigenvalue weighted by atomic mass is 10.0. The first kappa shape index (κ1) is 15.7. The summed E-state index contributed by atoms with van der Waals surface area (Å²) < 4.78 is 0. The minimum atomic E-state index is 0.170. The van der Waals surface area contributed by atoms with Crippen LogP contribution in [-0.4, -0.2) is 52.1 Å². The molecule has 5 heteroatoms.